The number of hydrogen-bond acceptors (Lipinski definition) is 3. The second-order valence-corrected chi connectivity index (χ2v) is 8.55. The Balaban J connectivity index is 2.32. The summed E-state index contributed by atoms with van der Waals surface area (Å²) in [6.45, 7) is 6.64. The first kappa shape index (κ1) is 17.0. The van der Waals surface area contributed by atoms with Crippen LogP contribution < -0.4 is 5.32 Å². The molecule has 0 bridgehead atoms. The number of likely N-dealkylation sites (N-methyl/N-ethyl adjacent to an activating group) is 1. The third-order valence-corrected chi connectivity index (χ3v) is 6.00. The van der Waals surface area contributed by atoms with Gasteiger partial charge < -0.3 is 5.32 Å². The molecule has 1 saturated heterocycles. The average molecular weight is 324 g/mol. The van der Waals surface area contributed by atoms with E-state index in [-0.39, 0.29) is 16.2 Å². The normalized spacial score (nSPS) is 20.1. The summed E-state index contributed by atoms with van der Waals surface area (Å²) in [6, 6.07) is 6.36. The Hall–Kier alpha value is -1.40. The Kier molecular flexibility index (Phi) is 4.63. The molecule has 1 amide bonds. The Bertz CT molecular complexity index is 645. The van der Waals surface area contributed by atoms with Crippen LogP contribution in [0.3, 0.4) is 0 Å². The van der Waals surface area contributed by atoms with Gasteiger partial charge in [0.25, 0.3) is 0 Å². The van der Waals surface area contributed by atoms with Gasteiger partial charge in [-0.05, 0) is 36.0 Å². The minimum absolute atomic E-state index is 0.0272. The van der Waals surface area contributed by atoms with Gasteiger partial charge in [-0.2, -0.15) is 4.31 Å². The number of nitrogens with one attached hydrogen (secondary N) is 1. The molecule has 1 N–H and O–H groups in total. The Morgan fingerprint density at radius 1 is 1.23 bits per heavy atom. The largest absolute Gasteiger partial charge is 0.358 e. The van der Waals surface area contributed by atoms with Crippen molar-refractivity contribution in [2.45, 2.75) is 50.0 Å². The molecule has 1 aliphatic heterocycles. The second kappa shape index (κ2) is 6.01. The van der Waals surface area contributed by atoms with Crippen molar-refractivity contribution < 1.29 is 13.2 Å². The number of nitrogens with zero attached hydrogens (tertiary/aromatic N) is 1. The summed E-state index contributed by atoms with van der Waals surface area (Å²) >= 11 is 0. The van der Waals surface area contributed by atoms with Crippen molar-refractivity contribution in [2.75, 3.05) is 13.6 Å². The summed E-state index contributed by atoms with van der Waals surface area (Å²) in [7, 11) is -2.10. The molecule has 6 heteroatoms. The minimum Gasteiger partial charge on any atom is -0.358 e. The molecule has 122 valence electrons. The fourth-order valence-electron chi connectivity index (χ4n) is 2.72. The number of carbonyl (C=O) groups is 1. The van der Waals surface area contributed by atoms with E-state index in [2.05, 4.69) is 26.1 Å². The van der Waals surface area contributed by atoms with E-state index in [1.807, 2.05) is 12.1 Å². The summed E-state index contributed by atoms with van der Waals surface area (Å²) in [5, 5.41) is 2.54. The van der Waals surface area contributed by atoms with Crippen LogP contribution in [0, 0.1) is 0 Å². The van der Waals surface area contributed by atoms with Crippen molar-refractivity contribution in [3.05, 3.63) is 29.8 Å². The van der Waals surface area contributed by atoms with Crippen molar-refractivity contribution in [3.63, 3.8) is 0 Å². The van der Waals surface area contributed by atoms with Crippen molar-refractivity contribution in [2.24, 2.45) is 0 Å². The van der Waals surface area contributed by atoms with Gasteiger partial charge in [0.1, 0.15) is 6.04 Å². The number of rotatable bonds is 3. The SMILES string of the molecule is CNC(=O)C1CCCN1S(=O)(=O)c1ccc(C(C)(C)C)cc1. The van der Waals surface area contributed by atoms with Crippen molar-refractivity contribution >= 4 is 15.9 Å². The van der Waals surface area contributed by atoms with E-state index in [0.29, 0.717) is 19.4 Å². The van der Waals surface area contributed by atoms with Gasteiger partial charge in [-0.1, -0.05) is 32.9 Å². The lowest BCUT2D eigenvalue weighted by atomic mass is 9.87. The van der Waals surface area contributed by atoms with Crippen LogP contribution in [0.2, 0.25) is 0 Å². The summed E-state index contributed by atoms with van der Waals surface area (Å²) in [6.07, 6.45) is 1.27. The molecular formula is C16H24N2O3S. The molecule has 5 nitrogen and oxygen atoms in total. The van der Waals surface area contributed by atoms with E-state index in [1.165, 1.54) is 11.4 Å². The molecule has 2 rings (SSSR count). The zero-order valence-electron chi connectivity index (χ0n) is 13.6. The molecule has 1 fully saturated rings. The van der Waals surface area contributed by atoms with Crippen LogP contribution in [0.1, 0.15) is 39.2 Å². The fraction of sp³-hybridized carbons (Fsp3) is 0.562. The number of amides is 1. The zero-order valence-corrected chi connectivity index (χ0v) is 14.4. The van der Waals surface area contributed by atoms with Crippen molar-refractivity contribution in [3.8, 4) is 0 Å². The summed E-state index contributed by atoms with van der Waals surface area (Å²) in [5.41, 5.74) is 1.05. The van der Waals surface area contributed by atoms with Crippen LogP contribution in [0.4, 0.5) is 0 Å². The van der Waals surface area contributed by atoms with E-state index in [1.54, 1.807) is 12.1 Å². The molecule has 0 spiro atoms. The molecule has 0 aromatic heterocycles. The third-order valence-electron chi connectivity index (χ3n) is 4.08. The predicted octanol–water partition coefficient (Wildman–Crippen LogP) is 1.88. The Morgan fingerprint density at radius 3 is 2.32 bits per heavy atom. The van der Waals surface area contributed by atoms with E-state index in [0.717, 1.165) is 5.56 Å². The smallest absolute Gasteiger partial charge is 0.243 e. The molecule has 0 radical (unpaired) electrons. The van der Waals surface area contributed by atoms with E-state index in [9.17, 15) is 13.2 Å². The van der Waals surface area contributed by atoms with Crippen molar-refractivity contribution in [1.82, 2.24) is 9.62 Å². The average Bonchev–Trinajstić information content (AvgIpc) is 2.96. The van der Waals surface area contributed by atoms with Crippen LogP contribution in [0.25, 0.3) is 0 Å². The molecule has 1 aliphatic rings. The molecule has 1 aromatic carbocycles. The van der Waals surface area contributed by atoms with Gasteiger partial charge >= 0.3 is 0 Å². The van der Waals surface area contributed by atoms with Crippen LogP contribution in [-0.4, -0.2) is 38.3 Å². The lowest BCUT2D eigenvalue weighted by Crippen LogP contribution is -2.44. The summed E-state index contributed by atoms with van der Waals surface area (Å²) in [4.78, 5) is 12.1. The lowest BCUT2D eigenvalue weighted by molar-refractivity contribution is -0.123. The van der Waals surface area contributed by atoms with Gasteiger partial charge in [0, 0.05) is 13.6 Å². The van der Waals surface area contributed by atoms with E-state index < -0.39 is 16.1 Å². The fourth-order valence-corrected chi connectivity index (χ4v) is 4.38. The van der Waals surface area contributed by atoms with Crippen LogP contribution >= 0.6 is 0 Å². The maximum Gasteiger partial charge on any atom is 0.243 e. The second-order valence-electron chi connectivity index (χ2n) is 6.66. The van der Waals surface area contributed by atoms with E-state index in [4.69, 9.17) is 0 Å². The quantitative estimate of drug-likeness (QED) is 0.923. The summed E-state index contributed by atoms with van der Waals surface area (Å²) < 4.78 is 26.9. The predicted molar refractivity (Wildman–Crippen MR) is 86.1 cm³/mol. The highest BCUT2D eigenvalue weighted by Gasteiger charge is 2.39. The Morgan fingerprint density at radius 2 is 1.82 bits per heavy atom. The number of sulfonamides is 1. The maximum atomic E-state index is 12.8. The topological polar surface area (TPSA) is 66.5 Å². The van der Waals surface area contributed by atoms with Crippen molar-refractivity contribution in [1.29, 1.82) is 0 Å². The first-order valence-electron chi connectivity index (χ1n) is 7.52. The molecule has 1 aromatic rings. The highest BCUT2D eigenvalue weighted by Crippen LogP contribution is 2.28. The molecule has 0 saturated carbocycles. The number of benzene rings is 1. The molecule has 1 unspecified atom stereocenters. The molecule has 1 heterocycles. The highest BCUT2D eigenvalue weighted by molar-refractivity contribution is 7.89. The standard InChI is InChI=1S/C16H24N2O3S/c1-16(2,3)12-7-9-13(10-8-12)22(20,21)18-11-5-6-14(18)15(19)17-4/h7-10,14H,5-6,11H2,1-4H3,(H,17,19). The molecular weight excluding hydrogens is 300 g/mol. The maximum absolute atomic E-state index is 12.8. The van der Waals surface area contributed by atoms with Gasteiger partial charge in [-0.15, -0.1) is 0 Å². The van der Waals surface area contributed by atoms with Gasteiger partial charge in [0.2, 0.25) is 15.9 Å². The van der Waals surface area contributed by atoms with Crippen LogP contribution in [0.5, 0.6) is 0 Å². The number of carbonyl (C=O) groups excluding carboxylic acids is 1. The zero-order chi connectivity index (χ0) is 16.5. The van der Waals surface area contributed by atoms with E-state index >= 15 is 0 Å². The van der Waals surface area contributed by atoms with Gasteiger partial charge in [-0.3, -0.25) is 4.79 Å². The van der Waals surface area contributed by atoms with Gasteiger partial charge in [0.15, 0.2) is 0 Å². The summed E-state index contributed by atoms with van der Waals surface area (Å²) in [5.74, 6) is -0.243. The minimum atomic E-state index is -3.63. The molecule has 0 aliphatic carbocycles. The Labute approximate surface area is 132 Å². The van der Waals surface area contributed by atoms with Crippen LogP contribution in [-0.2, 0) is 20.2 Å². The monoisotopic (exact) mass is 324 g/mol. The third kappa shape index (κ3) is 3.17. The molecule has 1 atom stereocenters. The first-order valence-corrected chi connectivity index (χ1v) is 8.96. The van der Waals surface area contributed by atoms with Gasteiger partial charge in [0.05, 0.1) is 4.90 Å². The number of hydrogen-bond donors (Lipinski definition) is 1. The highest BCUT2D eigenvalue weighted by atomic mass is 32.2. The molecule has 22 heavy (non-hydrogen) atoms. The van der Waals surface area contributed by atoms with Gasteiger partial charge in [-0.25, -0.2) is 8.42 Å². The van der Waals surface area contributed by atoms with Crippen LogP contribution in [0.15, 0.2) is 29.2 Å². The first-order chi connectivity index (χ1) is 10.2. The lowest BCUT2D eigenvalue weighted by Gasteiger charge is -2.24.